The molecule has 36 heavy (non-hydrogen) atoms. The maximum Gasteiger partial charge on any atom is 0.355 e. The van der Waals surface area contributed by atoms with Crippen molar-refractivity contribution < 1.29 is 33.5 Å². The van der Waals surface area contributed by atoms with Crippen molar-refractivity contribution in [2.45, 2.75) is 24.6 Å². The molecule has 0 bridgehead atoms. The van der Waals surface area contributed by atoms with Crippen LogP contribution in [0.5, 0.6) is 5.75 Å². The molecule has 0 aliphatic carbocycles. The largest absolute Gasteiger partial charge is 0.484 e. The number of benzene rings is 2. The maximum atomic E-state index is 13.2. The highest BCUT2D eigenvalue weighted by Gasteiger charge is 2.66. The van der Waals surface area contributed by atoms with E-state index in [0.717, 1.165) is 0 Å². The third-order valence-corrected chi connectivity index (χ3v) is 7.15. The van der Waals surface area contributed by atoms with Crippen molar-refractivity contribution in [3.63, 3.8) is 0 Å². The number of para-hydroxylation sites is 1. The normalized spacial score (nSPS) is 20.8. The summed E-state index contributed by atoms with van der Waals surface area (Å²) in [4.78, 5) is 50.3. The van der Waals surface area contributed by atoms with Crippen molar-refractivity contribution in [3.8, 4) is 5.75 Å². The molecule has 188 valence electrons. The van der Waals surface area contributed by atoms with E-state index in [1.165, 1.54) is 48.0 Å². The summed E-state index contributed by atoms with van der Waals surface area (Å²) in [6.07, 6.45) is 0. The topological polar surface area (TPSA) is 137 Å². The zero-order valence-electron chi connectivity index (χ0n) is 19.5. The number of nitro groups is 1. The Balaban J connectivity index is 1.41. The zero-order chi connectivity index (χ0) is 25.9. The van der Waals surface area contributed by atoms with E-state index in [2.05, 4.69) is 5.32 Å². The summed E-state index contributed by atoms with van der Waals surface area (Å²) in [5.41, 5.74) is -0.434. The number of nitro benzene ring substituents is 1. The molecule has 2 aromatic carbocycles. The molecule has 0 aromatic heterocycles. The van der Waals surface area contributed by atoms with Crippen LogP contribution in [0.4, 0.5) is 5.69 Å². The third kappa shape index (κ3) is 4.77. The fourth-order valence-corrected chi connectivity index (χ4v) is 5.25. The van der Waals surface area contributed by atoms with Gasteiger partial charge in [0.15, 0.2) is 6.61 Å². The van der Waals surface area contributed by atoms with Crippen molar-refractivity contribution in [1.29, 1.82) is 0 Å². The number of hydrogen-bond donors (Lipinski definition) is 1. The molecule has 11 nitrogen and oxygen atoms in total. The van der Waals surface area contributed by atoms with Gasteiger partial charge in [-0.2, -0.15) is 0 Å². The van der Waals surface area contributed by atoms with Crippen molar-refractivity contribution in [3.05, 3.63) is 81.5 Å². The lowest BCUT2D eigenvalue weighted by atomic mass is 9.98. The van der Waals surface area contributed by atoms with E-state index in [0.29, 0.717) is 22.6 Å². The number of fused-ring (bicyclic) bond motifs is 1. The molecular weight excluding hydrogens is 490 g/mol. The SMILES string of the molecule is COC1(NC(=O)COc2ccccc2)C(=O)N2C(C(=O)OCc3ccc([N+](=O)[O-])cc3)=C(C)CS[C@@H]21. The van der Waals surface area contributed by atoms with Crippen LogP contribution >= 0.6 is 11.8 Å². The summed E-state index contributed by atoms with van der Waals surface area (Å²) < 4.78 is 16.3. The standard InChI is InChI=1S/C24H23N3O8S/c1-15-14-36-23-24(33-2,25-19(28)13-34-18-6-4-3-5-7-18)22(30)26(23)20(15)21(29)35-12-16-8-10-17(11-9-16)27(31)32/h3-11,23H,12-14H2,1-2H3,(H,25,28)/t23-,24?/m1/s1. The number of amides is 2. The summed E-state index contributed by atoms with van der Waals surface area (Å²) in [7, 11) is 1.31. The Morgan fingerprint density at radius 1 is 1.19 bits per heavy atom. The first-order chi connectivity index (χ1) is 17.3. The number of β-lactam (4-membered cyclic amide) rings is 1. The highest BCUT2D eigenvalue weighted by Crippen LogP contribution is 2.46. The van der Waals surface area contributed by atoms with E-state index in [1.807, 2.05) is 6.07 Å². The Morgan fingerprint density at radius 2 is 1.89 bits per heavy atom. The number of ether oxygens (including phenoxy) is 3. The summed E-state index contributed by atoms with van der Waals surface area (Å²) in [5.74, 6) is -0.949. The van der Waals surface area contributed by atoms with Gasteiger partial charge in [0.25, 0.3) is 23.2 Å². The van der Waals surface area contributed by atoms with Crippen LogP contribution in [-0.2, 0) is 30.5 Å². The fourth-order valence-electron chi connectivity index (χ4n) is 3.86. The van der Waals surface area contributed by atoms with Crippen molar-refractivity contribution in [2.24, 2.45) is 0 Å². The molecule has 1 saturated heterocycles. The average Bonchev–Trinajstić information content (AvgIpc) is 2.89. The highest BCUT2D eigenvalue weighted by atomic mass is 32.2. The molecule has 1 N–H and O–H groups in total. The number of hydrogen-bond acceptors (Lipinski definition) is 9. The van der Waals surface area contributed by atoms with E-state index < -0.39 is 33.8 Å². The Hall–Kier alpha value is -3.90. The Morgan fingerprint density at radius 3 is 2.53 bits per heavy atom. The number of carbonyl (C=O) groups is 3. The monoisotopic (exact) mass is 513 g/mol. The van der Waals surface area contributed by atoms with Crippen LogP contribution in [0.2, 0.25) is 0 Å². The molecular formula is C24H23N3O8S. The molecule has 0 spiro atoms. The lowest BCUT2D eigenvalue weighted by Crippen LogP contribution is -2.80. The third-order valence-electron chi connectivity index (χ3n) is 5.69. The quantitative estimate of drug-likeness (QED) is 0.176. The first-order valence-corrected chi connectivity index (χ1v) is 11.9. The highest BCUT2D eigenvalue weighted by molar-refractivity contribution is 8.00. The second kappa shape index (κ2) is 10.4. The molecule has 1 fully saturated rings. The maximum absolute atomic E-state index is 13.2. The van der Waals surface area contributed by atoms with Gasteiger partial charge in [-0.25, -0.2) is 4.79 Å². The van der Waals surface area contributed by atoms with Crippen LogP contribution in [0.1, 0.15) is 12.5 Å². The molecule has 1 unspecified atom stereocenters. The van der Waals surface area contributed by atoms with Gasteiger partial charge in [-0.15, -0.1) is 11.8 Å². The summed E-state index contributed by atoms with van der Waals surface area (Å²) in [6.45, 7) is 1.27. The minimum Gasteiger partial charge on any atom is -0.484 e. The Labute approximate surface area is 210 Å². The lowest BCUT2D eigenvalue weighted by molar-refractivity contribution is -0.384. The molecule has 2 amide bonds. The first-order valence-electron chi connectivity index (χ1n) is 10.9. The predicted octanol–water partition coefficient (Wildman–Crippen LogP) is 2.36. The number of non-ortho nitro benzene ring substituents is 1. The van der Waals surface area contributed by atoms with Gasteiger partial charge in [0.1, 0.15) is 23.4 Å². The van der Waals surface area contributed by atoms with Gasteiger partial charge < -0.3 is 19.5 Å². The van der Waals surface area contributed by atoms with Crippen molar-refractivity contribution >= 4 is 35.2 Å². The molecule has 0 saturated carbocycles. The predicted molar refractivity (Wildman–Crippen MR) is 129 cm³/mol. The minimum absolute atomic E-state index is 0.0749. The zero-order valence-corrected chi connectivity index (χ0v) is 20.3. The van der Waals surface area contributed by atoms with Gasteiger partial charge in [-0.05, 0) is 42.3 Å². The van der Waals surface area contributed by atoms with Gasteiger partial charge in [-0.1, -0.05) is 18.2 Å². The Bertz CT molecular complexity index is 1220. The van der Waals surface area contributed by atoms with Crippen LogP contribution in [0.3, 0.4) is 0 Å². The van der Waals surface area contributed by atoms with Gasteiger partial charge in [0.2, 0.25) is 0 Å². The molecule has 0 radical (unpaired) electrons. The molecule has 2 aliphatic rings. The molecule has 2 heterocycles. The van der Waals surface area contributed by atoms with E-state index in [9.17, 15) is 24.5 Å². The van der Waals surface area contributed by atoms with Crippen LogP contribution in [0, 0.1) is 10.1 Å². The van der Waals surface area contributed by atoms with E-state index in [4.69, 9.17) is 14.2 Å². The summed E-state index contributed by atoms with van der Waals surface area (Å²) >= 11 is 1.35. The number of rotatable bonds is 9. The number of nitrogens with one attached hydrogen (secondary N) is 1. The van der Waals surface area contributed by atoms with Crippen molar-refractivity contribution in [2.75, 3.05) is 19.5 Å². The first kappa shape index (κ1) is 25.2. The second-order valence-electron chi connectivity index (χ2n) is 8.06. The molecule has 2 aliphatic heterocycles. The van der Waals surface area contributed by atoms with Gasteiger partial charge in [0.05, 0.1) is 4.92 Å². The fraction of sp³-hybridized carbons (Fsp3) is 0.292. The smallest absolute Gasteiger partial charge is 0.355 e. The van der Waals surface area contributed by atoms with Crippen LogP contribution in [0.25, 0.3) is 0 Å². The average molecular weight is 514 g/mol. The van der Waals surface area contributed by atoms with Crippen molar-refractivity contribution in [1.82, 2.24) is 10.2 Å². The minimum atomic E-state index is -1.65. The number of carbonyl (C=O) groups excluding carboxylic acids is 3. The van der Waals surface area contributed by atoms with Gasteiger partial charge in [0, 0.05) is 25.0 Å². The lowest BCUT2D eigenvalue weighted by Gasteiger charge is -2.55. The van der Waals surface area contributed by atoms with E-state index in [-0.39, 0.29) is 24.6 Å². The van der Waals surface area contributed by atoms with Crippen LogP contribution in [0.15, 0.2) is 65.9 Å². The number of esters is 1. The number of methoxy groups -OCH3 is 1. The molecule has 12 heteroatoms. The van der Waals surface area contributed by atoms with Crippen LogP contribution in [-0.4, -0.2) is 58.2 Å². The number of thioether (sulfide) groups is 1. The van der Waals surface area contributed by atoms with E-state index >= 15 is 0 Å². The molecule has 2 aromatic rings. The molecule has 4 rings (SSSR count). The molecule has 2 atom stereocenters. The number of nitrogens with zero attached hydrogens (tertiary/aromatic N) is 2. The van der Waals surface area contributed by atoms with Gasteiger partial charge >= 0.3 is 5.97 Å². The summed E-state index contributed by atoms with van der Waals surface area (Å²) in [5, 5.41) is 12.7. The van der Waals surface area contributed by atoms with E-state index in [1.54, 1.807) is 31.2 Å². The van der Waals surface area contributed by atoms with Gasteiger partial charge in [-0.3, -0.25) is 24.6 Å². The Kier molecular flexibility index (Phi) is 7.27. The summed E-state index contributed by atoms with van der Waals surface area (Å²) in [6, 6.07) is 14.4. The second-order valence-corrected chi connectivity index (χ2v) is 9.13. The van der Waals surface area contributed by atoms with Crippen LogP contribution < -0.4 is 10.1 Å².